The molecule has 3 rings (SSSR count). The minimum atomic E-state index is -3.85. The molecule has 2 heterocycles. The molecule has 2 aliphatic rings. The van der Waals surface area contributed by atoms with Crippen molar-refractivity contribution in [3.8, 4) is 0 Å². The van der Waals surface area contributed by atoms with E-state index in [4.69, 9.17) is 0 Å². The van der Waals surface area contributed by atoms with E-state index >= 15 is 0 Å². The van der Waals surface area contributed by atoms with Crippen LogP contribution in [0.3, 0.4) is 0 Å². The summed E-state index contributed by atoms with van der Waals surface area (Å²) in [4.78, 5) is 28.9. The number of hydrogen-bond donors (Lipinski definition) is 1. The van der Waals surface area contributed by atoms with Crippen LogP contribution >= 0.6 is 0 Å². The van der Waals surface area contributed by atoms with Gasteiger partial charge in [-0.1, -0.05) is 50.1 Å². The predicted molar refractivity (Wildman–Crippen MR) is 121 cm³/mol. The summed E-state index contributed by atoms with van der Waals surface area (Å²) in [5.74, 6) is -1.47. The molecule has 0 radical (unpaired) electrons. The zero-order valence-electron chi connectivity index (χ0n) is 18.9. The van der Waals surface area contributed by atoms with Gasteiger partial charge in [0.05, 0.1) is 0 Å². The van der Waals surface area contributed by atoms with Gasteiger partial charge in [-0.25, -0.2) is 4.79 Å². The molecule has 32 heavy (non-hydrogen) atoms. The molecule has 178 valence electrons. The first-order valence-corrected chi connectivity index (χ1v) is 12.7. The minimum absolute atomic E-state index is 0.0811. The van der Waals surface area contributed by atoms with Gasteiger partial charge in [0.25, 0.3) is 10.2 Å². The third kappa shape index (κ3) is 5.48. The van der Waals surface area contributed by atoms with Gasteiger partial charge in [0.1, 0.15) is 12.1 Å². The fourth-order valence-corrected chi connectivity index (χ4v) is 6.10. The van der Waals surface area contributed by atoms with Crippen molar-refractivity contribution < 1.29 is 23.1 Å². The van der Waals surface area contributed by atoms with Crippen molar-refractivity contribution in [2.45, 2.75) is 44.7 Å². The molecule has 0 aromatic heterocycles. The van der Waals surface area contributed by atoms with Crippen LogP contribution in [0.2, 0.25) is 0 Å². The van der Waals surface area contributed by atoms with E-state index in [1.165, 1.54) is 13.5 Å². The van der Waals surface area contributed by atoms with E-state index in [0.717, 1.165) is 12.0 Å². The summed E-state index contributed by atoms with van der Waals surface area (Å²) in [7, 11) is -1.90. The van der Waals surface area contributed by atoms with Crippen LogP contribution in [-0.4, -0.2) is 102 Å². The first-order valence-electron chi connectivity index (χ1n) is 11.3. The van der Waals surface area contributed by atoms with Crippen LogP contribution in [0.1, 0.15) is 31.7 Å². The Labute approximate surface area is 190 Å². The van der Waals surface area contributed by atoms with Crippen LogP contribution in [0.15, 0.2) is 30.3 Å². The van der Waals surface area contributed by atoms with Crippen molar-refractivity contribution in [2.24, 2.45) is 0 Å². The van der Waals surface area contributed by atoms with Gasteiger partial charge in [0.2, 0.25) is 5.91 Å². The molecule has 2 atom stereocenters. The molecule has 9 nitrogen and oxygen atoms in total. The highest BCUT2D eigenvalue weighted by Gasteiger charge is 2.46. The Morgan fingerprint density at radius 2 is 1.75 bits per heavy atom. The number of carboxylic acids is 1. The molecule has 2 saturated heterocycles. The third-order valence-corrected chi connectivity index (χ3v) is 8.37. The second-order valence-corrected chi connectivity index (χ2v) is 10.4. The van der Waals surface area contributed by atoms with Gasteiger partial charge in [-0.2, -0.15) is 17.0 Å². The lowest BCUT2D eigenvalue weighted by Crippen LogP contribution is -2.65. The van der Waals surface area contributed by atoms with Crippen LogP contribution in [0.4, 0.5) is 0 Å². The number of aliphatic carboxylic acids is 1. The van der Waals surface area contributed by atoms with E-state index in [2.05, 4.69) is 4.90 Å². The number of nitrogens with zero attached hydrogens (tertiary/aromatic N) is 4. The number of benzene rings is 1. The number of hydrogen-bond acceptors (Lipinski definition) is 5. The van der Waals surface area contributed by atoms with Gasteiger partial charge in [0, 0.05) is 39.3 Å². The van der Waals surface area contributed by atoms with Crippen LogP contribution < -0.4 is 0 Å². The standard InChI is InChI=1S/C22H34N4O5S/c1-3-4-10-19(22(28)29)25-15-16-26(32(30,31)24-13-11-23(2)12-14-24)20(21(25)27)17-18-8-6-5-7-9-18/h5-9,19-20H,3-4,10-17H2,1-2H3,(H,28,29)/t19-,20-/m0/s1. The highest BCUT2D eigenvalue weighted by molar-refractivity contribution is 7.86. The zero-order valence-corrected chi connectivity index (χ0v) is 19.7. The van der Waals surface area contributed by atoms with Gasteiger partial charge < -0.3 is 14.9 Å². The van der Waals surface area contributed by atoms with Crippen LogP contribution in [0, 0.1) is 0 Å². The maximum absolute atomic E-state index is 13.6. The molecule has 10 heteroatoms. The van der Waals surface area contributed by atoms with E-state index in [9.17, 15) is 23.1 Å². The summed E-state index contributed by atoms with van der Waals surface area (Å²) in [5.41, 5.74) is 0.840. The predicted octanol–water partition coefficient (Wildman–Crippen LogP) is 0.878. The molecular formula is C22H34N4O5S. The van der Waals surface area contributed by atoms with E-state index in [0.29, 0.717) is 39.0 Å². The summed E-state index contributed by atoms with van der Waals surface area (Å²) in [6.07, 6.45) is 2.08. The highest BCUT2D eigenvalue weighted by atomic mass is 32.2. The Bertz CT molecular complexity index is 887. The average Bonchev–Trinajstić information content (AvgIpc) is 2.77. The van der Waals surface area contributed by atoms with Crippen molar-refractivity contribution in [3.63, 3.8) is 0 Å². The molecule has 0 saturated carbocycles. The molecule has 0 bridgehead atoms. The fourth-order valence-electron chi connectivity index (χ4n) is 4.38. The Kier molecular flexibility index (Phi) is 8.26. The monoisotopic (exact) mass is 466 g/mol. The van der Waals surface area contributed by atoms with Crippen molar-refractivity contribution >= 4 is 22.1 Å². The van der Waals surface area contributed by atoms with Crippen molar-refractivity contribution in [3.05, 3.63) is 35.9 Å². The summed E-state index contributed by atoms with van der Waals surface area (Å²) < 4.78 is 29.8. The molecule has 1 aromatic rings. The Morgan fingerprint density at radius 3 is 2.34 bits per heavy atom. The minimum Gasteiger partial charge on any atom is -0.480 e. The van der Waals surface area contributed by atoms with Crippen molar-refractivity contribution in [2.75, 3.05) is 46.3 Å². The number of likely N-dealkylation sites (N-methyl/N-ethyl adjacent to an activating group) is 1. The van der Waals surface area contributed by atoms with E-state index in [1.807, 2.05) is 44.3 Å². The lowest BCUT2D eigenvalue weighted by molar-refractivity contribution is -0.154. The normalized spacial score (nSPS) is 22.8. The van der Waals surface area contributed by atoms with Gasteiger partial charge in [-0.05, 0) is 25.5 Å². The highest BCUT2D eigenvalue weighted by Crippen LogP contribution is 2.25. The summed E-state index contributed by atoms with van der Waals surface area (Å²) >= 11 is 0. The molecule has 0 spiro atoms. The second-order valence-electron chi connectivity index (χ2n) is 8.55. The lowest BCUT2D eigenvalue weighted by Gasteiger charge is -2.44. The number of piperazine rings is 2. The maximum Gasteiger partial charge on any atom is 0.326 e. The lowest BCUT2D eigenvalue weighted by atomic mass is 10.0. The quantitative estimate of drug-likeness (QED) is 0.580. The Morgan fingerprint density at radius 1 is 1.09 bits per heavy atom. The van der Waals surface area contributed by atoms with Crippen LogP contribution in [0.5, 0.6) is 0 Å². The maximum atomic E-state index is 13.6. The molecule has 0 aliphatic carbocycles. The molecule has 2 aliphatic heterocycles. The smallest absolute Gasteiger partial charge is 0.326 e. The van der Waals surface area contributed by atoms with Gasteiger partial charge >= 0.3 is 5.97 Å². The first-order chi connectivity index (χ1) is 15.3. The molecule has 1 N–H and O–H groups in total. The Balaban J connectivity index is 1.90. The fraction of sp³-hybridized carbons (Fsp3) is 0.636. The second kappa shape index (κ2) is 10.7. The molecule has 1 aromatic carbocycles. The number of rotatable bonds is 9. The summed E-state index contributed by atoms with van der Waals surface area (Å²) in [6.45, 7) is 4.16. The third-order valence-electron chi connectivity index (χ3n) is 6.33. The molecule has 0 unspecified atom stereocenters. The molecule has 1 amide bonds. The number of carboxylic acid groups (broad SMARTS) is 1. The zero-order chi connectivity index (χ0) is 23.3. The van der Waals surface area contributed by atoms with Crippen molar-refractivity contribution in [1.29, 1.82) is 0 Å². The number of carbonyl (C=O) groups excluding carboxylic acids is 1. The van der Waals surface area contributed by atoms with E-state index in [-0.39, 0.29) is 19.5 Å². The van der Waals surface area contributed by atoms with Crippen molar-refractivity contribution in [1.82, 2.24) is 18.4 Å². The largest absolute Gasteiger partial charge is 0.480 e. The van der Waals surface area contributed by atoms with Gasteiger partial charge in [-0.3, -0.25) is 4.79 Å². The van der Waals surface area contributed by atoms with Crippen LogP contribution in [-0.2, 0) is 26.2 Å². The number of carbonyl (C=O) groups is 2. The first kappa shape index (κ1) is 24.6. The topological polar surface area (TPSA) is 101 Å². The summed E-state index contributed by atoms with van der Waals surface area (Å²) in [6, 6.07) is 7.38. The van der Waals surface area contributed by atoms with E-state index < -0.39 is 34.2 Å². The molecular weight excluding hydrogens is 432 g/mol. The average molecular weight is 467 g/mol. The SMILES string of the molecule is CCCC[C@@H](C(=O)O)N1CCN(S(=O)(=O)N2CCN(C)CC2)[C@@H](Cc2ccccc2)C1=O. The Hall–Kier alpha value is -2.01. The number of unbranched alkanes of at least 4 members (excludes halogenated alkanes) is 1. The van der Waals surface area contributed by atoms with E-state index in [1.54, 1.807) is 0 Å². The van der Waals surface area contributed by atoms with Gasteiger partial charge in [-0.15, -0.1) is 0 Å². The number of amides is 1. The van der Waals surface area contributed by atoms with Gasteiger partial charge in [0.15, 0.2) is 0 Å². The summed E-state index contributed by atoms with van der Waals surface area (Å²) in [5, 5.41) is 9.76. The van der Waals surface area contributed by atoms with Crippen LogP contribution in [0.25, 0.3) is 0 Å². The molecule has 2 fully saturated rings.